The fourth-order valence-corrected chi connectivity index (χ4v) is 4.41. The van der Waals surface area contributed by atoms with Crippen molar-refractivity contribution in [3.8, 4) is 6.07 Å². The van der Waals surface area contributed by atoms with Crippen molar-refractivity contribution < 1.29 is 9.59 Å². The second-order valence-electron chi connectivity index (χ2n) is 7.68. The zero-order chi connectivity index (χ0) is 24.1. The van der Waals surface area contributed by atoms with Gasteiger partial charge in [0.15, 0.2) is 0 Å². The highest BCUT2D eigenvalue weighted by atomic mass is 32.2. The molecule has 0 saturated heterocycles. The molecule has 1 heterocycles. The van der Waals surface area contributed by atoms with Crippen LogP contribution in [0.5, 0.6) is 0 Å². The summed E-state index contributed by atoms with van der Waals surface area (Å²) in [5, 5.41) is 17.4. The van der Waals surface area contributed by atoms with E-state index in [0.29, 0.717) is 22.0 Å². The van der Waals surface area contributed by atoms with Gasteiger partial charge in [-0.15, -0.1) is 0 Å². The van der Waals surface area contributed by atoms with Crippen LogP contribution in [0.3, 0.4) is 0 Å². The number of rotatable bonds is 6. The van der Waals surface area contributed by atoms with Gasteiger partial charge >= 0.3 is 0 Å². The van der Waals surface area contributed by atoms with E-state index in [1.54, 1.807) is 26.0 Å². The van der Waals surface area contributed by atoms with Crippen LogP contribution in [0.15, 0.2) is 83.9 Å². The average molecular weight is 467 g/mol. The van der Waals surface area contributed by atoms with Crippen LogP contribution in [-0.2, 0) is 4.79 Å². The van der Waals surface area contributed by atoms with E-state index in [0.717, 1.165) is 16.5 Å². The third kappa shape index (κ3) is 5.08. The van der Waals surface area contributed by atoms with Crippen LogP contribution < -0.4 is 10.6 Å². The topological polar surface area (TPSA) is 94.9 Å². The maximum Gasteiger partial charge on any atom is 0.257 e. The van der Waals surface area contributed by atoms with Crippen molar-refractivity contribution in [3.63, 3.8) is 0 Å². The molecule has 4 rings (SSSR count). The average Bonchev–Trinajstić information content (AvgIpc) is 2.85. The lowest BCUT2D eigenvalue weighted by Crippen LogP contribution is -2.23. The second kappa shape index (κ2) is 10.2. The van der Waals surface area contributed by atoms with Gasteiger partial charge in [0.05, 0.1) is 22.1 Å². The van der Waals surface area contributed by atoms with Crippen LogP contribution in [0.4, 0.5) is 11.4 Å². The number of carbonyl (C=O) groups excluding carboxylic acids is 2. The molecule has 2 amide bonds. The van der Waals surface area contributed by atoms with Crippen LogP contribution in [0.2, 0.25) is 0 Å². The molecule has 0 saturated carbocycles. The van der Waals surface area contributed by atoms with Crippen molar-refractivity contribution in [1.82, 2.24) is 4.98 Å². The first-order chi connectivity index (χ1) is 16.5. The summed E-state index contributed by atoms with van der Waals surface area (Å²) in [6.45, 7) is 3.48. The van der Waals surface area contributed by atoms with Crippen LogP contribution in [0.1, 0.15) is 28.5 Å². The standard InChI is InChI=1S/C27H22N4O2S/c1-17-23(26(33)30-21-11-4-3-5-12-21)15-20(16-28)27(29-17)34-18(2)25(32)31-24-14-8-10-19-9-6-7-13-22(19)24/h3-15,18H,1-2H3,(H,30,33)(H,31,32). The molecule has 0 aliphatic carbocycles. The number of thioether (sulfide) groups is 1. The normalized spacial score (nSPS) is 11.4. The zero-order valence-electron chi connectivity index (χ0n) is 18.7. The minimum atomic E-state index is -0.512. The molecule has 0 spiro atoms. The molecule has 2 N–H and O–H groups in total. The number of pyridine rings is 1. The number of anilines is 2. The first-order valence-electron chi connectivity index (χ1n) is 10.7. The number of para-hydroxylation sites is 1. The maximum absolute atomic E-state index is 12.9. The molecule has 0 bridgehead atoms. The number of carbonyl (C=O) groups is 2. The number of amides is 2. The molecule has 1 aromatic heterocycles. The molecule has 168 valence electrons. The predicted octanol–water partition coefficient (Wildman–Crippen LogP) is 5.79. The van der Waals surface area contributed by atoms with E-state index in [1.807, 2.05) is 60.7 Å². The molecule has 34 heavy (non-hydrogen) atoms. The van der Waals surface area contributed by atoms with Crippen molar-refractivity contribution in [1.29, 1.82) is 5.26 Å². The van der Waals surface area contributed by atoms with Crippen molar-refractivity contribution in [3.05, 3.63) is 95.7 Å². The van der Waals surface area contributed by atoms with Crippen LogP contribution in [0, 0.1) is 18.3 Å². The summed E-state index contributed by atoms with van der Waals surface area (Å²) in [7, 11) is 0. The van der Waals surface area contributed by atoms with Crippen LogP contribution >= 0.6 is 11.8 Å². The van der Waals surface area contributed by atoms with Gasteiger partial charge in [0.1, 0.15) is 11.1 Å². The highest BCUT2D eigenvalue weighted by molar-refractivity contribution is 8.00. The molecular weight excluding hydrogens is 444 g/mol. The minimum absolute atomic E-state index is 0.199. The van der Waals surface area contributed by atoms with Crippen molar-refractivity contribution in [2.45, 2.75) is 24.1 Å². The molecule has 0 aliphatic heterocycles. The number of hydrogen-bond donors (Lipinski definition) is 2. The molecule has 6 nitrogen and oxygen atoms in total. The van der Waals surface area contributed by atoms with Gasteiger partial charge in [-0.2, -0.15) is 5.26 Å². The van der Waals surface area contributed by atoms with Gasteiger partial charge in [0, 0.05) is 16.8 Å². The quantitative estimate of drug-likeness (QED) is 0.351. The minimum Gasteiger partial charge on any atom is -0.325 e. The van der Waals surface area contributed by atoms with Gasteiger partial charge in [-0.3, -0.25) is 9.59 Å². The fourth-order valence-electron chi connectivity index (χ4n) is 3.49. The Kier molecular flexibility index (Phi) is 6.90. The van der Waals surface area contributed by atoms with E-state index in [-0.39, 0.29) is 17.4 Å². The Morgan fingerprint density at radius 3 is 2.44 bits per heavy atom. The Morgan fingerprint density at radius 1 is 0.971 bits per heavy atom. The first-order valence-corrected chi connectivity index (χ1v) is 11.6. The molecule has 0 radical (unpaired) electrons. The third-order valence-corrected chi connectivity index (χ3v) is 6.38. The van der Waals surface area contributed by atoms with Crippen molar-refractivity contribution in [2.75, 3.05) is 10.6 Å². The zero-order valence-corrected chi connectivity index (χ0v) is 19.5. The Balaban J connectivity index is 1.51. The number of aromatic nitrogens is 1. The Morgan fingerprint density at radius 2 is 1.68 bits per heavy atom. The molecule has 0 fully saturated rings. The fraction of sp³-hybridized carbons (Fsp3) is 0.111. The van der Waals surface area contributed by atoms with Crippen molar-refractivity contribution >= 4 is 45.7 Å². The number of benzene rings is 3. The van der Waals surface area contributed by atoms with Gasteiger partial charge in [-0.25, -0.2) is 4.98 Å². The van der Waals surface area contributed by atoms with Crippen molar-refractivity contribution in [2.24, 2.45) is 0 Å². The lowest BCUT2D eigenvalue weighted by atomic mass is 10.1. The van der Waals surface area contributed by atoms with Gasteiger partial charge < -0.3 is 10.6 Å². The summed E-state index contributed by atoms with van der Waals surface area (Å²) in [5.41, 5.74) is 2.43. The summed E-state index contributed by atoms with van der Waals surface area (Å²) < 4.78 is 0. The summed E-state index contributed by atoms with van der Waals surface area (Å²) in [5.74, 6) is -0.540. The van der Waals surface area contributed by atoms with Gasteiger partial charge in [-0.05, 0) is 43.5 Å². The van der Waals surface area contributed by atoms with Gasteiger partial charge in [0.2, 0.25) is 5.91 Å². The monoisotopic (exact) mass is 466 g/mol. The maximum atomic E-state index is 12.9. The highest BCUT2D eigenvalue weighted by Gasteiger charge is 2.21. The third-order valence-electron chi connectivity index (χ3n) is 5.28. The smallest absolute Gasteiger partial charge is 0.257 e. The van der Waals surface area contributed by atoms with Crippen LogP contribution in [0.25, 0.3) is 10.8 Å². The van der Waals surface area contributed by atoms with E-state index in [2.05, 4.69) is 21.7 Å². The van der Waals surface area contributed by atoms with Gasteiger partial charge in [0.25, 0.3) is 5.91 Å². The van der Waals surface area contributed by atoms with E-state index < -0.39 is 5.25 Å². The number of nitrogens with zero attached hydrogens (tertiary/aromatic N) is 2. The summed E-state index contributed by atoms with van der Waals surface area (Å²) in [4.78, 5) is 30.1. The largest absolute Gasteiger partial charge is 0.325 e. The molecule has 3 aromatic carbocycles. The number of fused-ring (bicyclic) bond motifs is 1. The SMILES string of the molecule is Cc1nc(SC(C)C(=O)Nc2cccc3ccccc23)c(C#N)cc1C(=O)Nc1ccccc1. The number of nitriles is 1. The van der Waals surface area contributed by atoms with E-state index in [9.17, 15) is 14.9 Å². The Labute approximate surface area is 202 Å². The molecule has 1 unspecified atom stereocenters. The predicted molar refractivity (Wildman–Crippen MR) is 136 cm³/mol. The molecule has 0 aliphatic rings. The number of nitrogens with one attached hydrogen (secondary N) is 2. The lowest BCUT2D eigenvalue weighted by molar-refractivity contribution is -0.115. The van der Waals surface area contributed by atoms with Crippen LogP contribution in [-0.4, -0.2) is 22.0 Å². The van der Waals surface area contributed by atoms with E-state index >= 15 is 0 Å². The number of aryl methyl sites for hydroxylation is 1. The van der Waals surface area contributed by atoms with E-state index in [1.165, 1.54) is 17.8 Å². The van der Waals surface area contributed by atoms with Gasteiger partial charge in [-0.1, -0.05) is 66.4 Å². The second-order valence-corrected chi connectivity index (χ2v) is 9.01. The molecular formula is C27H22N4O2S. The number of hydrogen-bond acceptors (Lipinski definition) is 5. The molecule has 1 atom stereocenters. The molecule has 7 heteroatoms. The Bertz CT molecular complexity index is 1410. The van der Waals surface area contributed by atoms with E-state index in [4.69, 9.17) is 0 Å². The summed E-state index contributed by atoms with van der Waals surface area (Å²) >= 11 is 1.19. The highest BCUT2D eigenvalue weighted by Crippen LogP contribution is 2.29. The summed E-state index contributed by atoms with van der Waals surface area (Å²) in [6.07, 6.45) is 0. The Hall–Kier alpha value is -4.15. The molecule has 4 aromatic rings. The lowest BCUT2D eigenvalue weighted by Gasteiger charge is -2.15. The first kappa shape index (κ1) is 23.0. The summed E-state index contributed by atoms with van der Waals surface area (Å²) in [6, 6.07) is 26.3.